The quantitative estimate of drug-likeness (QED) is 0.576. The molecule has 5 rings (SSSR count). The van der Waals surface area contributed by atoms with Crippen molar-refractivity contribution in [3.8, 4) is 0 Å². The van der Waals surface area contributed by atoms with Crippen LogP contribution in [0.25, 0.3) is 10.9 Å². The molecule has 1 amide bonds. The van der Waals surface area contributed by atoms with E-state index in [2.05, 4.69) is 38.9 Å². The Balaban J connectivity index is 1.37. The molecule has 182 valence electrons. The summed E-state index contributed by atoms with van der Waals surface area (Å²) in [6, 6.07) is 6.73. The number of hydrogen-bond donors (Lipinski definition) is 3. The van der Waals surface area contributed by atoms with Crippen molar-refractivity contribution in [1.82, 2.24) is 20.6 Å². The smallest absolute Gasteiger partial charge is 0.289 e. The summed E-state index contributed by atoms with van der Waals surface area (Å²) >= 11 is 0. The van der Waals surface area contributed by atoms with E-state index in [0.29, 0.717) is 18.5 Å². The van der Waals surface area contributed by atoms with Crippen LogP contribution < -0.4 is 16.0 Å². The Morgan fingerprint density at radius 1 is 0.941 bits per heavy atom. The van der Waals surface area contributed by atoms with Gasteiger partial charge in [-0.05, 0) is 57.1 Å². The van der Waals surface area contributed by atoms with Crippen LogP contribution in [0, 0.1) is 12.8 Å². The number of carbonyl (C=O) groups excluding carboxylic acids is 1. The molecule has 0 spiro atoms. The zero-order valence-corrected chi connectivity index (χ0v) is 20.4. The van der Waals surface area contributed by atoms with Crippen LogP contribution in [-0.2, 0) is 0 Å². The van der Waals surface area contributed by atoms with Crippen molar-refractivity contribution in [3.63, 3.8) is 0 Å². The maximum absolute atomic E-state index is 13.0. The van der Waals surface area contributed by atoms with Crippen molar-refractivity contribution in [2.24, 2.45) is 10.9 Å². The van der Waals surface area contributed by atoms with Gasteiger partial charge in [-0.1, -0.05) is 43.7 Å². The standard InChI is InChI=1S/C27H38N6O/c1-18-13-14-21-20(16-18)25(32-23-11-6-5-10-22(23)30-24-12-7-15-28-24)33-26(31-21)27(34)29-17-19-8-3-2-4-9-19/h13-14,16,19,22-23H,2-12,15,17H2,1H3,(H,28,30)(H,29,34)(H,31,32,33)/t22-,23+/m1/s1. The van der Waals surface area contributed by atoms with Gasteiger partial charge < -0.3 is 16.0 Å². The summed E-state index contributed by atoms with van der Waals surface area (Å²) in [5, 5.41) is 11.5. The molecule has 1 aromatic carbocycles. The first-order valence-electron chi connectivity index (χ1n) is 13.3. The van der Waals surface area contributed by atoms with E-state index in [0.717, 1.165) is 60.3 Å². The van der Waals surface area contributed by atoms with E-state index in [-0.39, 0.29) is 17.8 Å². The molecule has 2 atom stereocenters. The minimum atomic E-state index is -0.172. The van der Waals surface area contributed by atoms with E-state index in [1.807, 2.05) is 12.1 Å². The number of amides is 1. The second-order valence-electron chi connectivity index (χ2n) is 10.3. The summed E-state index contributed by atoms with van der Waals surface area (Å²) in [7, 11) is 0. The summed E-state index contributed by atoms with van der Waals surface area (Å²) in [6.45, 7) is 3.73. The third-order valence-corrected chi connectivity index (χ3v) is 7.64. The molecule has 34 heavy (non-hydrogen) atoms. The van der Waals surface area contributed by atoms with Crippen LogP contribution >= 0.6 is 0 Å². The van der Waals surface area contributed by atoms with E-state index in [1.54, 1.807) is 0 Å². The molecule has 2 fully saturated rings. The number of nitrogens with one attached hydrogen (secondary N) is 3. The topological polar surface area (TPSA) is 91.3 Å². The van der Waals surface area contributed by atoms with Gasteiger partial charge in [-0.3, -0.25) is 9.79 Å². The van der Waals surface area contributed by atoms with Crippen LogP contribution in [0.2, 0.25) is 0 Å². The fourth-order valence-electron chi connectivity index (χ4n) is 5.68. The van der Waals surface area contributed by atoms with E-state index in [1.165, 1.54) is 44.9 Å². The van der Waals surface area contributed by atoms with Gasteiger partial charge in [0.15, 0.2) is 0 Å². The second kappa shape index (κ2) is 10.7. The zero-order valence-electron chi connectivity index (χ0n) is 20.4. The molecule has 3 aliphatic rings. The number of carbonyl (C=O) groups is 1. The number of rotatable bonds is 6. The molecule has 7 nitrogen and oxygen atoms in total. The molecule has 0 unspecified atom stereocenters. The third-order valence-electron chi connectivity index (χ3n) is 7.64. The monoisotopic (exact) mass is 462 g/mol. The predicted octanol–water partition coefficient (Wildman–Crippen LogP) is 4.75. The van der Waals surface area contributed by atoms with E-state index < -0.39 is 0 Å². The Hall–Kier alpha value is -2.70. The second-order valence-corrected chi connectivity index (χ2v) is 10.3. The zero-order chi connectivity index (χ0) is 23.3. The summed E-state index contributed by atoms with van der Waals surface area (Å²) in [4.78, 5) is 27.1. The molecule has 7 heteroatoms. The maximum atomic E-state index is 13.0. The number of aryl methyl sites for hydroxylation is 1. The van der Waals surface area contributed by atoms with Gasteiger partial charge in [-0.15, -0.1) is 0 Å². The van der Waals surface area contributed by atoms with Gasteiger partial charge in [0.25, 0.3) is 5.91 Å². The van der Waals surface area contributed by atoms with Crippen molar-refractivity contribution in [2.75, 3.05) is 18.4 Å². The highest BCUT2D eigenvalue weighted by Crippen LogP contribution is 2.28. The lowest BCUT2D eigenvalue weighted by molar-refractivity contribution is 0.0933. The van der Waals surface area contributed by atoms with Gasteiger partial charge in [-0.25, -0.2) is 9.97 Å². The number of aromatic nitrogens is 2. The third kappa shape index (κ3) is 5.50. The molecular weight excluding hydrogens is 424 g/mol. The van der Waals surface area contributed by atoms with Crippen LogP contribution in [0.5, 0.6) is 0 Å². The lowest BCUT2D eigenvalue weighted by Gasteiger charge is -2.34. The number of fused-ring (bicyclic) bond motifs is 1. The van der Waals surface area contributed by atoms with Crippen molar-refractivity contribution in [2.45, 2.75) is 89.6 Å². The number of aliphatic imine (C=N–C) groups is 1. The van der Waals surface area contributed by atoms with Gasteiger partial charge in [0.2, 0.25) is 5.82 Å². The van der Waals surface area contributed by atoms with Crippen molar-refractivity contribution in [3.05, 3.63) is 29.6 Å². The Kier molecular flexibility index (Phi) is 7.26. The van der Waals surface area contributed by atoms with Gasteiger partial charge >= 0.3 is 0 Å². The first kappa shape index (κ1) is 23.1. The average molecular weight is 463 g/mol. The highest BCUT2D eigenvalue weighted by Gasteiger charge is 2.28. The maximum Gasteiger partial charge on any atom is 0.289 e. The summed E-state index contributed by atoms with van der Waals surface area (Å²) in [5.74, 6) is 2.57. The Morgan fingerprint density at radius 3 is 2.47 bits per heavy atom. The van der Waals surface area contributed by atoms with Crippen molar-refractivity contribution in [1.29, 1.82) is 0 Å². The highest BCUT2D eigenvalue weighted by molar-refractivity contribution is 5.96. The van der Waals surface area contributed by atoms with Crippen LogP contribution in [0.4, 0.5) is 5.82 Å². The van der Waals surface area contributed by atoms with E-state index in [9.17, 15) is 4.79 Å². The van der Waals surface area contributed by atoms with Gasteiger partial charge in [0.1, 0.15) is 5.82 Å². The van der Waals surface area contributed by atoms with Crippen LogP contribution in [0.1, 0.15) is 86.8 Å². The Labute approximate surface area is 202 Å². The fraction of sp³-hybridized carbons (Fsp3) is 0.630. The van der Waals surface area contributed by atoms with Gasteiger partial charge in [-0.2, -0.15) is 0 Å². The highest BCUT2D eigenvalue weighted by atomic mass is 16.2. The SMILES string of the molecule is Cc1ccc2nc(C(=O)NCC3CCCCC3)nc(N[C@H]3CCCC[C@H]3NC3=NCCC3)c2c1. The Bertz CT molecular complexity index is 1040. The van der Waals surface area contributed by atoms with E-state index >= 15 is 0 Å². The fourth-order valence-corrected chi connectivity index (χ4v) is 5.68. The molecule has 2 heterocycles. The minimum Gasteiger partial charge on any atom is -0.369 e. The first-order chi connectivity index (χ1) is 16.7. The first-order valence-corrected chi connectivity index (χ1v) is 13.3. The van der Waals surface area contributed by atoms with E-state index in [4.69, 9.17) is 4.98 Å². The van der Waals surface area contributed by atoms with Crippen LogP contribution in [-0.4, -0.2) is 46.9 Å². The van der Waals surface area contributed by atoms with Crippen LogP contribution in [0.15, 0.2) is 23.2 Å². The average Bonchev–Trinajstić information content (AvgIpc) is 3.37. The Morgan fingerprint density at radius 2 is 1.71 bits per heavy atom. The van der Waals surface area contributed by atoms with Gasteiger partial charge in [0, 0.05) is 37.0 Å². The predicted molar refractivity (Wildman–Crippen MR) is 138 cm³/mol. The number of hydrogen-bond acceptors (Lipinski definition) is 6. The molecule has 3 N–H and O–H groups in total. The largest absolute Gasteiger partial charge is 0.369 e. The summed E-state index contributed by atoms with van der Waals surface area (Å²) in [5.41, 5.74) is 1.97. The number of amidine groups is 1. The number of nitrogens with zero attached hydrogens (tertiary/aromatic N) is 3. The molecule has 2 saturated carbocycles. The molecule has 1 aromatic heterocycles. The molecule has 2 aromatic rings. The summed E-state index contributed by atoms with van der Waals surface area (Å²) < 4.78 is 0. The van der Waals surface area contributed by atoms with Crippen molar-refractivity contribution >= 4 is 28.5 Å². The molecular formula is C27H38N6O. The normalized spacial score (nSPS) is 23.5. The molecule has 1 aliphatic heterocycles. The summed E-state index contributed by atoms with van der Waals surface area (Å²) in [6.07, 6.45) is 13.1. The van der Waals surface area contributed by atoms with Crippen LogP contribution in [0.3, 0.4) is 0 Å². The minimum absolute atomic E-state index is 0.172. The van der Waals surface area contributed by atoms with Crippen molar-refractivity contribution < 1.29 is 4.79 Å². The number of benzene rings is 1. The molecule has 0 bridgehead atoms. The lowest BCUT2D eigenvalue weighted by Crippen LogP contribution is -2.48. The molecule has 2 aliphatic carbocycles. The number of anilines is 1. The molecule has 0 radical (unpaired) electrons. The molecule has 0 saturated heterocycles. The lowest BCUT2D eigenvalue weighted by atomic mass is 9.89. The van der Waals surface area contributed by atoms with Gasteiger partial charge in [0.05, 0.1) is 11.4 Å².